The predicted molar refractivity (Wildman–Crippen MR) is 91.4 cm³/mol. The van der Waals surface area contributed by atoms with Crippen molar-refractivity contribution < 1.29 is 4.79 Å². The van der Waals surface area contributed by atoms with E-state index in [4.69, 9.17) is 5.26 Å². The lowest BCUT2D eigenvalue weighted by Gasteiger charge is -2.18. The van der Waals surface area contributed by atoms with Gasteiger partial charge in [-0.15, -0.1) is 0 Å². The molecule has 0 aliphatic heterocycles. The molecule has 0 aliphatic carbocycles. The number of benzene rings is 2. The Morgan fingerprint density at radius 3 is 2.22 bits per heavy atom. The van der Waals surface area contributed by atoms with Crippen molar-refractivity contribution in [2.75, 3.05) is 0 Å². The van der Waals surface area contributed by atoms with Crippen LogP contribution in [0.4, 0.5) is 0 Å². The summed E-state index contributed by atoms with van der Waals surface area (Å²) < 4.78 is 0. The highest BCUT2D eigenvalue weighted by molar-refractivity contribution is 5.94. The highest BCUT2D eigenvalue weighted by atomic mass is 16.2. The van der Waals surface area contributed by atoms with E-state index in [1.165, 1.54) is 5.56 Å². The van der Waals surface area contributed by atoms with Gasteiger partial charge in [0.25, 0.3) is 5.91 Å². The summed E-state index contributed by atoms with van der Waals surface area (Å²) in [5.74, 6) is -0.254. The van der Waals surface area contributed by atoms with Gasteiger partial charge in [0.1, 0.15) is 0 Å². The van der Waals surface area contributed by atoms with Crippen LogP contribution < -0.4 is 5.43 Å². The maximum atomic E-state index is 12.0. The number of hydrogen-bond donors (Lipinski definition) is 1. The van der Waals surface area contributed by atoms with E-state index in [9.17, 15) is 4.79 Å². The zero-order chi connectivity index (χ0) is 16.9. The molecule has 2 rings (SSSR count). The predicted octanol–water partition coefficient (Wildman–Crippen LogP) is 3.62. The Balaban J connectivity index is 1.99. The monoisotopic (exact) mass is 305 g/mol. The fourth-order valence-corrected chi connectivity index (χ4v) is 2.00. The van der Waals surface area contributed by atoms with Crippen molar-refractivity contribution in [2.45, 2.75) is 26.2 Å². The molecule has 0 fully saturated rings. The van der Waals surface area contributed by atoms with Crippen molar-refractivity contribution >= 4 is 12.1 Å². The van der Waals surface area contributed by atoms with Gasteiger partial charge in [0, 0.05) is 5.56 Å². The fraction of sp³-hybridized carbons (Fsp3) is 0.211. The molecule has 0 radical (unpaired) electrons. The lowest BCUT2D eigenvalue weighted by Crippen LogP contribution is -2.18. The maximum Gasteiger partial charge on any atom is 0.271 e. The molecule has 0 atom stereocenters. The molecule has 4 heteroatoms. The molecule has 4 nitrogen and oxygen atoms in total. The molecule has 0 unspecified atom stereocenters. The topological polar surface area (TPSA) is 65.2 Å². The van der Waals surface area contributed by atoms with Gasteiger partial charge in [0.2, 0.25) is 0 Å². The molecule has 0 aliphatic rings. The van der Waals surface area contributed by atoms with Crippen LogP contribution in [-0.2, 0) is 5.41 Å². The minimum absolute atomic E-state index is 0.0583. The zero-order valence-electron chi connectivity index (χ0n) is 13.5. The van der Waals surface area contributed by atoms with E-state index in [1.807, 2.05) is 12.1 Å². The number of carbonyl (C=O) groups excluding carboxylic acids is 1. The molecule has 1 N–H and O–H groups in total. The first-order valence-corrected chi connectivity index (χ1v) is 7.34. The summed E-state index contributed by atoms with van der Waals surface area (Å²) in [5.41, 5.74) is 5.70. The first-order valence-electron chi connectivity index (χ1n) is 7.34. The van der Waals surface area contributed by atoms with E-state index in [0.717, 1.165) is 5.56 Å². The number of nitrogens with one attached hydrogen (secondary N) is 1. The Bertz CT molecular complexity index is 745. The molecule has 23 heavy (non-hydrogen) atoms. The molecule has 0 bridgehead atoms. The Hall–Kier alpha value is -2.93. The average molecular weight is 305 g/mol. The van der Waals surface area contributed by atoms with Gasteiger partial charge in [-0.05, 0) is 40.8 Å². The van der Waals surface area contributed by atoms with Gasteiger partial charge in [-0.1, -0.05) is 45.0 Å². The summed E-state index contributed by atoms with van der Waals surface area (Å²) in [7, 11) is 0. The molecule has 2 aromatic carbocycles. The number of hydrogen-bond acceptors (Lipinski definition) is 3. The standard InChI is InChI=1S/C19H19N3O/c1-19(2,3)17-10-8-16(9-11-17)18(23)22-21-13-15-6-4-14(12-20)5-7-15/h4-11,13H,1-3H3,(H,22,23)/b21-13+. The Morgan fingerprint density at radius 1 is 1.09 bits per heavy atom. The number of nitrogens with zero attached hydrogens (tertiary/aromatic N) is 2. The van der Waals surface area contributed by atoms with Gasteiger partial charge >= 0.3 is 0 Å². The SMILES string of the molecule is CC(C)(C)c1ccc(C(=O)N/N=C/c2ccc(C#N)cc2)cc1. The van der Waals surface area contributed by atoms with Gasteiger partial charge in [0.15, 0.2) is 0 Å². The number of rotatable bonds is 3. The molecular formula is C19H19N3O. The van der Waals surface area contributed by atoms with Gasteiger partial charge in [-0.2, -0.15) is 10.4 Å². The summed E-state index contributed by atoms with van der Waals surface area (Å²) in [6.07, 6.45) is 1.54. The summed E-state index contributed by atoms with van der Waals surface area (Å²) in [4.78, 5) is 12.0. The van der Waals surface area contributed by atoms with E-state index in [-0.39, 0.29) is 11.3 Å². The number of hydrazone groups is 1. The van der Waals surface area contributed by atoms with Crippen molar-refractivity contribution in [2.24, 2.45) is 5.10 Å². The van der Waals surface area contributed by atoms with Crippen molar-refractivity contribution in [1.29, 1.82) is 5.26 Å². The van der Waals surface area contributed by atoms with E-state index >= 15 is 0 Å². The number of amides is 1. The third-order valence-corrected chi connectivity index (χ3v) is 3.43. The summed E-state index contributed by atoms with van der Waals surface area (Å²) in [5, 5.41) is 12.7. The van der Waals surface area contributed by atoms with Crippen molar-refractivity contribution in [1.82, 2.24) is 5.43 Å². The highest BCUT2D eigenvalue weighted by Gasteiger charge is 2.14. The molecule has 0 spiro atoms. The first kappa shape index (κ1) is 16.4. The second kappa shape index (κ2) is 6.89. The van der Waals surface area contributed by atoms with Crippen LogP contribution in [0.5, 0.6) is 0 Å². The zero-order valence-corrected chi connectivity index (χ0v) is 13.5. The summed E-state index contributed by atoms with van der Waals surface area (Å²) in [6.45, 7) is 6.39. The molecule has 116 valence electrons. The lowest BCUT2D eigenvalue weighted by atomic mass is 9.87. The molecule has 0 saturated heterocycles. The van der Waals surface area contributed by atoms with Gasteiger partial charge in [0.05, 0.1) is 17.8 Å². The third kappa shape index (κ3) is 4.52. The second-order valence-corrected chi connectivity index (χ2v) is 6.26. The van der Waals surface area contributed by atoms with E-state index in [0.29, 0.717) is 11.1 Å². The minimum Gasteiger partial charge on any atom is -0.267 e. The second-order valence-electron chi connectivity index (χ2n) is 6.26. The summed E-state index contributed by atoms with van der Waals surface area (Å²) >= 11 is 0. The first-order chi connectivity index (χ1) is 10.9. The van der Waals surface area contributed by atoms with Gasteiger partial charge in [-0.25, -0.2) is 5.43 Å². The molecule has 0 saturated carbocycles. The van der Waals surface area contributed by atoms with Crippen molar-refractivity contribution in [3.05, 3.63) is 70.8 Å². The molecular weight excluding hydrogens is 286 g/mol. The van der Waals surface area contributed by atoms with E-state index in [1.54, 1.807) is 42.6 Å². The average Bonchev–Trinajstić information content (AvgIpc) is 2.54. The van der Waals surface area contributed by atoms with E-state index < -0.39 is 0 Å². The van der Waals surface area contributed by atoms with Gasteiger partial charge in [-0.3, -0.25) is 4.79 Å². The molecule has 2 aromatic rings. The van der Waals surface area contributed by atoms with Crippen LogP contribution in [0.15, 0.2) is 53.6 Å². The highest BCUT2D eigenvalue weighted by Crippen LogP contribution is 2.22. The van der Waals surface area contributed by atoms with Crippen LogP contribution in [0.1, 0.15) is 47.8 Å². The van der Waals surface area contributed by atoms with E-state index in [2.05, 4.69) is 37.4 Å². The minimum atomic E-state index is -0.254. The normalized spacial score (nSPS) is 11.2. The van der Waals surface area contributed by atoms with Crippen LogP contribution in [0, 0.1) is 11.3 Å². The van der Waals surface area contributed by atoms with Crippen LogP contribution in [0.2, 0.25) is 0 Å². The van der Waals surface area contributed by atoms with Crippen molar-refractivity contribution in [3.8, 4) is 6.07 Å². The maximum absolute atomic E-state index is 12.0. The Labute approximate surface area is 136 Å². The lowest BCUT2D eigenvalue weighted by molar-refractivity contribution is 0.0955. The number of carbonyl (C=O) groups is 1. The third-order valence-electron chi connectivity index (χ3n) is 3.43. The smallest absolute Gasteiger partial charge is 0.267 e. The summed E-state index contributed by atoms with van der Waals surface area (Å²) in [6, 6.07) is 16.5. The Kier molecular flexibility index (Phi) is 4.92. The van der Waals surface area contributed by atoms with Crippen LogP contribution in [-0.4, -0.2) is 12.1 Å². The largest absolute Gasteiger partial charge is 0.271 e. The Morgan fingerprint density at radius 2 is 1.70 bits per heavy atom. The van der Waals surface area contributed by atoms with Crippen LogP contribution >= 0.6 is 0 Å². The fourth-order valence-electron chi connectivity index (χ4n) is 2.00. The van der Waals surface area contributed by atoms with Crippen LogP contribution in [0.3, 0.4) is 0 Å². The molecule has 0 aromatic heterocycles. The quantitative estimate of drug-likeness (QED) is 0.695. The van der Waals surface area contributed by atoms with Crippen LogP contribution in [0.25, 0.3) is 0 Å². The number of nitriles is 1. The molecule has 0 heterocycles. The van der Waals surface area contributed by atoms with Gasteiger partial charge < -0.3 is 0 Å². The molecule has 1 amide bonds. The van der Waals surface area contributed by atoms with Crippen molar-refractivity contribution in [3.63, 3.8) is 0 Å².